The fourth-order valence-corrected chi connectivity index (χ4v) is 3.10. The van der Waals surface area contributed by atoms with Gasteiger partial charge in [0, 0.05) is 4.47 Å². The molecule has 132 valence electrons. The minimum Gasteiger partial charge on any atom is -0.493 e. The van der Waals surface area contributed by atoms with Gasteiger partial charge in [0.05, 0.1) is 10.7 Å². The third kappa shape index (κ3) is 5.65. The first-order valence-electron chi connectivity index (χ1n) is 7.48. The highest BCUT2D eigenvalue weighted by atomic mass is 127. The van der Waals surface area contributed by atoms with Gasteiger partial charge in [0.15, 0.2) is 11.5 Å². The van der Waals surface area contributed by atoms with Gasteiger partial charge < -0.3 is 14.2 Å². The SMILES string of the molecule is COc1cc(C=C(C#N)C#N)cc(I)c1OCCOc1ccc(Br)cc1. The number of ether oxygens (including phenoxy) is 3. The molecule has 26 heavy (non-hydrogen) atoms. The lowest BCUT2D eigenvalue weighted by Gasteiger charge is -2.14. The van der Waals surface area contributed by atoms with Gasteiger partial charge in [-0.2, -0.15) is 10.5 Å². The van der Waals surface area contributed by atoms with Crippen molar-refractivity contribution in [3.63, 3.8) is 0 Å². The van der Waals surface area contributed by atoms with Crippen LogP contribution >= 0.6 is 38.5 Å². The van der Waals surface area contributed by atoms with Crippen LogP contribution in [0.15, 0.2) is 46.4 Å². The van der Waals surface area contributed by atoms with Gasteiger partial charge in [0.1, 0.15) is 36.7 Å². The molecule has 2 rings (SSSR count). The molecule has 0 aliphatic carbocycles. The Morgan fingerprint density at radius 3 is 2.38 bits per heavy atom. The molecule has 0 amide bonds. The van der Waals surface area contributed by atoms with Crippen molar-refractivity contribution in [2.45, 2.75) is 0 Å². The van der Waals surface area contributed by atoms with Gasteiger partial charge in [-0.3, -0.25) is 0 Å². The second-order valence-corrected chi connectivity index (χ2v) is 7.04. The molecule has 0 unspecified atom stereocenters. The van der Waals surface area contributed by atoms with Crippen LogP contribution in [0.1, 0.15) is 5.56 Å². The molecule has 0 saturated heterocycles. The molecule has 2 aromatic rings. The Labute approximate surface area is 174 Å². The number of nitriles is 2. The average molecular weight is 525 g/mol. The summed E-state index contributed by atoms with van der Waals surface area (Å²) in [5, 5.41) is 17.8. The summed E-state index contributed by atoms with van der Waals surface area (Å²) in [7, 11) is 1.54. The first kappa shape index (κ1) is 20.1. The number of methoxy groups -OCH3 is 1. The van der Waals surface area contributed by atoms with Gasteiger partial charge in [0.25, 0.3) is 0 Å². The fraction of sp³-hybridized carbons (Fsp3) is 0.158. The van der Waals surface area contributed by atoms with Crippen molar-refractivity contribution in [2.24, 2.45) is 0 Å². The number of nitrogens with zero attached hydrogens (tertiary/aromatic N) is 2. The fourth-order valence-electron chi connectivity index (χ4n) is 2.05. The number of hydrogen-bond acceptors (Lipinski definition) is 5. The summed E-state index contributed by atoms with van der Waals surface area (Å²) in [6.07, 6.45) is 1.51. The summed E-state index contributed by atoms with van der Waals surface area (Å²) in [6, 6.07) is 14.8. The van der Waals surface area contributed by atoms with E-state index >= 15 is 0 Å². The van der Waals surface area contributed by atoms with E-state index in [1.165, 1.54) is 6.08 Å². The Morgan fingerprint density at radius 1 is 1.12 bits per heavy atom. The Bertz CT molecular complexity index is 867. The molecule has 0 spiro atoms. The number of rotatable bonds is 7. The highest BCUT2D eigenvalue weighted by molar-refractivity contribution is 14.1. The van der Waals surface area contributed by atoms with E-state index in [4.69, 9.17) is 24.7 Å². The molecule has 0 aliphatic heterocycles. The quantitative estimate of drug-likeness (QED) is 0.291. The lowest BCUT2D eigenvalue weighted by molar-refractivity contribution is 0.210. The molecule has 0 radical (unpaired) electrons. The van der Waals surface area contributed by atoms with E-state index < -0.39 is 0 Å². The molecule has 2 aromatic carbocycles. The molecule has 0 bridgehead atoms. The van der Waals surface area contributed by atoms with Crippen molar-refractivity contribution < 1.29 is 14.2 Å². The van der Waals surface area contributed by atoms with Crippen LogP contribution in [0.25, 0.3) is 6.08 Å². The van der Waals surface area contributed by atoms with Gasteiger partial charge in [-0.1, -0.05) is 15.9 Å². The predicted molar refractivity (Wildman–Crippen MR) is 110 cm³/mol. The third-order valence-corrected chi connectivity index (χ3v) is 4.55. The summed E-state index contributed by atoms with van der Waals surface area (Å²) in [5.41, 5.74) is 0.724. The summed E-state index contributed by atoms with van der Waals surface area (Å²) < 4.78 is 18.6. The maximum atomic E-state index is 8.88. The van der Waals surface area contributed by atoms with E-state index in [2.05, 4.69) is 38.5 Å². The van der Waals surface area contributed by atoms with E-state index in [-0.39, 0.29) is 5.57 Å². The lowest BCUT2D eigenvalue weighted by Crippen LogP contribution is -2.10. The molecule has 0 aromatic heterocycles. The van der Waals surface area contributed by atoms with E-state index in [1.54, 1.807) is 13.2 Å². The zero-order valence-electron chi connectivity index (χ0n) is 13.8. The largest absolute Gasteiger partial charge is 0.493 e. The lowest BCUT2D eigenvalue weighted by atomic mass is 10.1. The third-order valence-electron chi connectivity index (χ3n) is 3.22. The van der Waals surface area contributed by atoms with Gasteiger partial charge in [-0.15, -0.1) is 0 Å². The molecule has 0 aliphatic rings. The van der Waals surface area contributed by atoms with Gasteiger partial charge in [-0.25, -0.2) is 0 Å². The van der Waals surface area contributed by atoms with Crippen LogP contribution in [0.3, 0.4) is 0 Å². The van der Waals surface area contributed by atoms with Crippen molar-refractivity contribution in [1.82, 2.24) is 0 Å². The Balaban J connectivity index is 2.05. The Kier molecular flexibility index (Phi) is 7.76. The van der Waals surface area contributed by atoms with Crippen LogP contribution in [0.2, 0.25) is 0 Å². The molecule has 7 heteroatoms. The maximum Gasteiger partial charge on any atom is 0.174 e. The van der Waals surface area contributed by atoms with Crippen LogP contribution < -0.4 is 14.2 Å². The van der Waals surface area contributed by atoms with E-state index in [0.29, 0.717) is 30.3 Å². The van der Waals surface area contributed by atoms with E-state index in [9.17, 15) is 0 Å². The van der Waals surface area contributed by atoms with Crippen LogP contribution in [-0.4, -0.2) is 20.3 Å². The molecule has 0 heterocycles. The van der Waals surface area contributed by atoms with Crippen molar-refractivity contribution in [1.29, 1.82) is 10.5 Å². The number of halogens is 2. The first-order valence-corrected chi connectivity index (χ1v) is 9.35. The maximum absolute atomic E-state index is 8.88. The minimum atomic E-state index is 0.0272. The second-order valence-electron chi connectivity index (χ2n) is 4.97. The van der Waals surface area contributed by atoms with Crippen molar-refractivity contribution in [3.05, 3.63) is 55.6 Å². The summed E-state index contributed by atoms with van der Waals surface area (Å²) in [4.78, 5) is 0. The standard InChI is InChI=1S/C19H14BrIN2O3/c1-24-18-10-13(8-14(11-22)12-23)9-17(21)19(18)26-7-6-25-16-4-2-15(20)3-5-16/h2-5,8-10H,6-7H2,1H3. The smallest absolute Gasteiger partial charge is 0.174 e. The normalized spacial score (nSPS) is 9.58. The number of benzene rings is 2. The monoisotopic (exact) mass is 524 g/mol. The van der Waals surface area contributed by atoms with Gasteiger partial charge in [-0.05, 0) is 70.6 Å². The van der Waals surface area contributed by atoms with E-state index in [0.717, 1.165) is 13.8 Å². The summed E-state index contributed by atoms with van der Waals surface area (Å²) >= 11 is 5.50. The highest BCUT2D eigenvalue weighted by Crippen LogP contribution is 2.34. The van der Waals surface area contributed by atoms with Crippen molar-refractivity contribution in [3.8, 4) is 29.4 Å². The Morgan fingerprint density at radius 2 is 1.77 bits per heavy atom. The summed E-state index contributed by atoms with van der Waals surface area (Å²) in [6.45, 7) is 0.731. The first-order chi connectivity index (χ1) is 12.6. The van der Waals surface area contributed by atoms with Gasteiger partial charge in [0.2, 0.25) is 0 Å². The molecule has 0 saturated carbocycles. The Hall–Kier alpha value is -2.23. The molecule has 0 N–H and O–H groups in total. The highest BCUT2D eigenvalue weighted by Gasteiger charge is 2.11. The number of allylic oxidation sites excluding steroid dienone is 1. The van der Waals surface area contributed by atoms with Crippen LogP contribution in [0, 0.1) is 26.2 Å². The van der Waals surface area contributed by atoms with E-state index in [1.807, 2.05) is 42.5 Å². The second kappa shape index (κ2) is 10.0. The van der Waals surface area contributed by atoms with Crippen molar-refractivity contribution in [2.75, 3.05) is 20.3 Å². The molecule has 0 atom stereocenters. The molecular formula is C19H14BrIN2O3. The van der Waals surface area contributed by atoms with Crippen LogP contribution in [0.4, 0.5) is 0 Å². The molecule has 5 nitrogen and oxygen atoms in total. The van der Waals surface area contributed by atoms with Gasteiger partial charge >= 0.3 is 0 Å². The molecule has 0 fully saturated rings. The van der Waals surface area contributed by atoms with Crippen LogP contribution in [0.5, 0.6) is 17.2 Å². The minimum absolute atomic E-state index is 0.0272. The zero-order chi connectivity index (χ0) is 18.9. The summed E-state index contributed by atoms with van der Waals surface area (Å²) in [5.74, 6) is 1.89. The topological polar surface area (TPSA) is 75.3 Å². The zero-order valence-corrected chi connectivity index (χ0v) is 17.6. The predicted octanol–water partition coefficient (Wildman–Crippen LogP) is 4.95. The average Bonchev–Trinajstić information content (AvgIpc) is 2.65. The van der Waals surface area contributed by atoms with Crippen LogP contribution in [-0.2, 0) is 0 Å². The van der Waals surface area contributed by atoms with Crippen molar-refractivity contribution >= 4 is 44.6 Å². The molecular weight excluding hydrogens is 511 g/mol. The number of hydrogen-bond donors (Lipinski definition) is 0.